The van der Waals surface area contributed by atoms with Gasteiger partial charge in [0, 0.05) is 15.1 Å². The van der Waals surface area contributed by atoms with Crippen LogP contribution in [0.1, 0.15) is 0 Å². The first kappa shape index (κ1) is 12.4. The number of nitrogens with zero attached hydrogens (tertiary/aromatic N) is 4. The quantitative estimate of drug-likeness (QED) is 0.739. The number of nitrogens with one attached hydrogen (secondary N) is 1. The Bertz CT molecular complexity index is 712. The summed E-state index contributed by atoms with van der Waals surface area (Å²) in [5.74, 6) is 0.623. The number of hydrogen-bond donors (Lipinski definition) is 1. The van der Waals surface area contributed by atoms with Crippen LogP contribution in [0.15, 0.2) is 45.7 Å². The van der Waals surface area contributed by atoms with Crippen molar-refractivity contribution < 1.29 is 0 Å². The van der Waals surface area contributed by atoms with E-state index in [0.717, 1.165) is 20.3 Å². The molecule has 1 N–H and O–H groups in total. The van der Waals surface area contributed by atoms with Gasteiger partial charge < -0.3 is 4.98 Å². The van der Waals surface area contributed by atoms with Crippen LogP contribution in [0, 0.1) is 0 Å². The van der Waals surface area contributed by atoms with E-state index in [1.807, 2.05) is 24.3 Å². The molecule has 0 bridgehead atoms. The van der Waals surface area contributed by atoms with Gasteiger partial charge in [-0.2, -0.15) is 0 Å². The Morgan fingerprint density at radius 1 is 0.947 bits per heavy atom. The van der Waals surface area contributed by atoms with Crippen LogP contribution in [0.2, 0.25) is 0 Å². The average Bonchev–Trinajstić information content (AvgIpc) is 2.92. The van der Waals surface area contributed by atoms with Gasteiger partial charge in [0.25, 0.3) is 0 Å². The number of halogens is 2. The van der Waals surface area contributed by atoms with Gasteiger partial charge in [0.2, 0.25) is 0 Å². The molecular formula is C12H7Br2N5. The number of H-pyrrole nitrogens is 1. The van der Waals surface area contributed by atoms with Crippen molar-refractivity contribution in [1.82, 2.24) is 25.1 Å². The van der Waals surface area contributed by atoms with E-state index >= 15 is 0 Å². The highest BCUT2D eigenvalue weighted by molar-refractivity contribution is 9.10. The Kier molecular flexibility index (Phi) is 3.39. The van der Waals surface area contributed by atoms with Gasteiger partial charge in [-0.3, -0.25) is 4.98 Å². The molecule has 3 aromatic rings. The molecule has 0 aromatic carbocycles. The number of aromatic nitrogens is 5. The highest BCUT2D eigenvalue weighted by Crippen LogP contribution is 2.25. The molecule has 0 saturated heterocycles. The van der Waals surface area contributed by atoms with E-state index in [4.69, 9.17) is 0 Å². The smallest absolute Gasteiger partial charge is 0.179 e. The average molecular weight is 381 g/mol. The van der Waals surface area contributed by atoms with E-state index in [9.17, 15) is 0 Å². The fraction of sp³-hybridized carbons (Fsp3) is 0. The Balaban J connectivity index is 2.12. The minimum Gasteiger partial charge on any atom is -0.326 e. The lowest BCUT2D eigenvalue weighted by Gasteiger charge is -2.04. The second-order valence-corrected chi connectivity index (χ2v) is 5.58. The van der Waals surface area contributed by atoms with Crippen LogP contribution in [0.3, 0.4) is 0 Å². The summed E-state index contributed by atoms with van der Waals surface area (Å²) in [6.07, 6.45) is 3.26. The predicted octanol–water partition coefficient (Wildman–Crippen LogP) is 3.45. The number of aromatic amines is 1. The highest BCUT2D eigenvalue weighted by atomic mass is 79.9. The second-order valence-electron chi connectivity index (χ2n) is 3.75. The molecule has 0 amide bonds. The summed E-state index contributed by atoms with van der Waals surface area (Å²) in [6.45, 7) is 0. The number of pyridine rings is 2. The van der Waals surface area contributed by atoms with Gasteiger partial charge in [-0.15, -0.1) is 10.2 Å². The predicted molar refractivity (Wildman–Crippen MR) is 78.2 cm³/mol. The minimum atomic E-state index is 0.623. The molecule has 0 aliphatic carbocycles. The summed E-state index contributed by atoms with van der Waals surface area (Å²) < 4.78 is 1.87. The van der Waals surface area contributed by atoms with E-state index in [1.54, 1.807) is 6.20 Å². The van der Waals surface area contributed by atoms with Crippen LogP contribution in [-0.4, -0.2) is 25.1 Å². The molecule has 0 aliphatic rings. The lowest BCUT2D eigenvalue weighted by atomic mass is 10.2. The minimum absolute atomic E-state index is 0.623. The Morgan fingerprint density at radius 3 is 2.47 bits per heavy atom. The number of hydrogen-bond acceptors (Lipinski definition) is 4. The summed E-state index contributed by atoms with van der Waals surface area (Å²) >= 11 is 6.90. The fourth-order valence-corrected chi connectivity index (χ4v) is 2.39. The summed E-state index contributed by atoms with van der Waals surface area (Å²) in [4.78, 5) is 11.8. The van der Waals surface area contributed by atoms with Crippen LogP contribution in [0.5, 0.6) is 0 Å². The van der Waals surface area contributed by atoms with Gasteiger partial charge >= 0.3 is 0 Å². The second kappa shape index (κ2) is 5.18. The van der Waals surface area contributed by atoms with Gasteiger partial charge in [-0.1, -0.05) is 31.9 Å². The van der Waals surface area contributed by atoms with Crippen molar-refractivity contribution >= 4 is 31.9 Å². The zero-order valence-corrected chi connectivity index (χ0v) is 12.7. The first-order chi connectivity index (χ1) is 9.22. The van der Waals surface area contributed by atoms with Crippen molar-refractivity contribution in [2.45, 2.75) is 0 Å². The van der Waals surface area contributed by atoms with E-state index in [-0.39, 0.29) is 0 Å². The zero-order chi connectivity index (χ0) is 13.2. The highest BCUT2D eigenvalue weighted by Gasteiger charge is 2.09. The lowest BCUT2D eigenvalue weighted by Crippen LogP contribution is -1.92. The van der Waals surface area contributed by atoms with Gasteiger partial charge in [-0.05, 0) is 24.3 Å². The molecule has 7 heteroatoms. The largest absolute Gasteiger partial charge is 0.326 e. The van der Waals surface area contributed by atoms with Crippen LogP contribution >= 0.6 is 31.9 Å². The summed E-state index contributed by atoms with van der Waals surface area (Å²) in [5.41, 5.74) is 2.27. The standard InChI is InChI=1S/C12H7Br2N5/c13-7-1-2-15-9(3-7)10-4-8(14)5-11(18-10)12-16-6-17-19-12/h1-6H,(H,16,17,19). The maximum absolute atomic E-state index is 4.54. The van der Waals surface area contributed by atoms with E-state index < -0.39 is 0 Å². The molecule has 0 saturated carbocycles. The summed E-state index contributed by atoms with van der Waals surface area (Å²) in [6, 6.07) is 7.58. The van der Waals surface area contributed by atoms with E-state index in [2.05, 4.69) is 57.0 Å². The first-order valence-electron chi connectivity index (χ1n) is 5.38. The van der Waals surface area contributed by atoms with Gasteiger partial charge in [0.1, 0.15) is 12.0 Å². The monoisotopic (exact) mass is 379 g/mol. The Hall–Kier alpha value is -1.60. The molecule has 0 radical (unpaired) electrons. The van der Waals surface area contributed by atoms with Crippen LogP contribution in [0.4, 0.5) is 0 Å². The summed E-state index contributed by atoms with van der Waals surface area (Å²) in [7, 11) is 0. The molecule has 19 heavy (non-hydrogen) atoms. The van der Waals surface area contributed by atoms with E-state index in [1.165, 1.54) is 6.33 Å². The third-order valence-electron chi connectivity index (χ3n) is 2.43. The first-order valence-corrected chi connectivity index (χ1v) is 6.97. The number of rotatable bonds is 2. The van der Waals surface area contributed by atoms with Crippen LogP contribution in [0.25, 0.3) is 22.9 Å². The maximum Gasteiger partial charge on any atom is 0.179 e. The molecular weight excluding hydrogens is 374 g/mol. The lowest BCUT2D eigenvalue weighted by molar-refractivity contribution is 1.08. The van der Waals surface area contributed by atoms with Gasteiger partial charge in [-0.25, -0.2) is 4.98 Å². The Labute approximate surface area is 125 Å². The molecule has 0 aliphatic heterocycles. The molecule has 0 fully saturated rings. The Morgan fingerprint density at radius 2 is 1.74 bits per heavy atom. The maximum atomic E-state index is 4.54. The molecule has 3 rings (SSSR count). The molecule has 5 nitrogen and oxygen atoms in total. The van der Waals surface area contributed by atoms with Crippen molar-refractivity contribution in [2.24, 2.45) is 0 Å². The molecule has 0 spiro atoms. The SMILES string of the molecule is Brc1ccnc(-c2cc(Br)cc(-c3nnc[nH]3)n2)c1. The van der Waals surface area contributed by atoms with Crippen molar-refractivity contribution in [1.29, 1.82) is 0 Å². The third-order valence-corrected chi connectivity index (χ3v) is 3.38. The summed E-state index contributed by atoms with van der Waals surface area (Å²) in [5, 5.41) is 7.72. The molecule has 0 atom stereocenters. The molecule has 3 heterocycles. The van der Waals surface area contributed by atoms with Crippen molar-refractivity contribution in [3.05, 3.63) is 45.7 Å². The van der Waals surface area contributed by atoms with Crippen molar-refractivity contribution in [3.63, 3.8) is 0 Å². The van der Waals surface area contributed by atoms with Gasteiger partial charge in [0.05, 0.1) is 11.4 Å². The molecule has 3 aromatic heterocycles. The molecule has 94 valence electrons. The molecule has 0 unspecified atom stereocenters. The normalized spacial score (nSPS) is 10.6. The zero-order valence-electron chi connectivity index (χ0n) is 9.51. The fourth-order valence-electron chi connectivity index (χ4n) is 1.63. The third kappa shape index (κ3) is 2.71. The topological polar surface area (TPSA) is 67.3 Å². The van der Waals surface area contributed by atoms with Gasteiger partial charge in [0.15, 0.2) is 5.82 Å². The van der Waals surface area contributed by atoms with Crippen LogP contribution < -0.4 is 0 Å². The van der Waals surface area contributed by atoms with Crippen molar-refractivity contribution in [2.75, 3.05) is 0 Å². The van der Waals surface area contributed by atoms with Crippen LogP contribution in [-0.2, 0) is 0 Å². The van der Waals surface area contributed by atoms with E-state index in [0.29, 0.717) is 11.5 Å². The van der Waals surface area contributed by atoms with Crippen molar-refractivity contribution in [3.8, 4) is 22.9 Å².